The highest BCUT2D eigenvalue weighted by atomic mass is 32.2. The molecule has 0 bridgehead atoms. The Labute approximate surface area is 76.3 Å². The second-order valence-electron chi connectivity index (χ2n) is 2.52. The van der Waals surface area contributed by atoms with E-state index < -0.39 is 0 Å². The number of hydrogen-bond donors (Lipinski definition) is 1. The topological polar surface area (TPSA) is 40.2 Å². The van der Waals surface area contributed by atoms with E-state index in [0.29, 0.717) is 6.04 Å². The number of hydrogen-bond acceptors (Lipinski definition) is 3. The summed E-state index contributed by atoms with van der Waals surface area (Å²) in [6.07, 6.45) is 4.18. The average molecular weight is 179 g/mol. The number of allylic oxidation sites excluding steroid dienone is 1. The van der Waals surface area contributed by atoms with Crippen LogP contribution in [0.2, 0.25) is 0 Å². The molecule has 0 saturated heterocycles. The smallest absolute Gasteiger partial charge is 0.290 e. The second-order valence-corrected chi connectivity index (χ2v) is 3.34. The summed E-state index contributed by atoms with van der Waals surface area (Å²) in [4.78, 5) is 3.14. The molecule has 3 nitrogen and oxygen atoms in total. The molecule has 0 aromatic rings. The van der Waals surface area contributed by atoms with Gasteiger partial charge in [0.1, 0.15) is 0 Å². The summed E-state index contributed by atoms with van der Waals surface area (Å²) >= 11 is 1.43. The molecule has 0 atom stereocenters. The summed E-state index contributed by atoms with van der Waals surface area (Å²) in [5.74, 6) is 0. The Morgan fingerprint density at radius 2 is 2.42 bits per heavy atom. The SMILES string of the molecule is [C-]#[N+]/C(C#N)=C(\NC1CC1)SC. The highest BCUT2D eigenvalue weighted by Crippen LogP contribution is 2.24. The molecule has 1 saturated carbocycles. The first-order valence-corrected chi connectivity index (χ1v) is 4.86. The maximum atomic E-state index is 8.59. The number of nitrogens with zero attached hydrogens (tertiary/aromatic N) is 2. The van der Waals surface area contributed by atoms with Crippen LogP contribution in [0.15, 0.2) is 10.7 Å². The first kappa shape index (κ1) is 8.96. The van der Waals surface area contributed by atoms with Gasteiger partial charge in [-0.15, -0.1) is 11.8 Å². The van der Waals surface area contributed by atoms with Gasteiger partial charge in [-0.2, -0.15) is 0 Å². The van der Waals surface area contributed by atoms with Crippen LogP contribution in [0.1, 0.15) is 12.8 Å². The van der Waals surface area contributed by atoms with Crippen molar-refractivity contribution in [1.29, 1.82) is 5.26 Å². The van der Waals surface area contributed by atoms with Crippen molar-refractivity contribution in [2.75, 3.05) is 6.26 Å². The van der Waals surface area contributed by atoms with Gasteiger partial charge in [0.15, 0.2) is 0 Å². The van der Waals surface area contributed by atoms with Crippen molar-refractivity contribution in [1.82, 2.24) is 5.32 Å². The molecule has 0 heterocycles. The Morgan fingerprint density at radius 1 is 1.75 bits per heavy atom. The molecule has 1 N–H and O–H groups in total. The van der Waals surface area contributed by atoms with Crippen LogP contribution >= 0.6 is 11.8 Å². The van der Waals surface area contributed by atoms with E-state index in [0.717, 1.165) is 17.9 Å². The zero-order chi connectivity index (χ0) is 8.97. The predicted molar refractivity (Wildman–Crippen MR) is 48.9 cm³/mol. The number of nitriles is 1. The third-order valence-corrected chi connectivity index (χ3v) is 2.27. The van der Waals surface area contributed by atoms with Crippen LogP contribution in [0.25, 0.3) is 4.85 Å². The molecule has 12 heavy (non-hydrogen) atoms. The minimum absolute atomic E-state index is 0.175. The Hall–Kier alpha value is -1.13. The third kappa shape index (κ3) is 2.18. The van der Waals surface area contributed by atoms with Crippen LogP contribution in [-0.2, 0) is 0 Å². The first-order valence-electron chi connectivity index (χ1n) is 3.64. The molecule has 1 aliphatic rings. The maximum Gasteiger partial charge on any atom is 0.290 e. The molecule has 0 amide bonds. The molecule has 1 aliphatic carbocycles. The van der Waals surface area contributed by atoms with Crippen molar-refractivity contribution in [2.24, 2.45) is 0 Å². The van der Waals surface area contributed by atoms with Crippen LogP contribution in [0.4, 0.5) is 0 Å². The van der Waals surface area contributed by atoms with Gasteiger partial charge in [-0.3, -0.25) is 0 Å². The van der Waals surface area contributed by atoms with Gasteiger partial charge < -0.3 is 5.32 Å². The van der Waals surface area contributed by atoms with Gasteiger partial charge in [0.2, 0.25) is 0 Å². The molecule has 4 heteroatoms. The molecule has 0 aliphatic heterocycles. The summed E-state index contributed by atoms with van der Waals surface area (Å²) < 4.78 is 0. The predicted octanol–water partition coefficient (Wildman–Crippen LogP) is 1.71. The number of rotatable bonds is 3. The Kier molecular flexibility index (Phi) is 3.01. The summed E-state index contributed by atoms with van der Waals surface area (Å²) in [5.41, 5.74) is 0.175. The lowest BCUT2D eigenvalue weighted by Gasteiger charge is -2.05. The Morgan fingerprint density at radius 3 is 2.75 bits per heavy atom. The van der Waals surface area contributed by atoms with E-state index in [1.54, 1.807) is 0 Å². The molecule has 1 fully saturated rings. The Bertz CT molecular complexity index is 262. The van der Waals surface area contributed by atoms with E-state index in [1.807, 2.05) is 12.3 Å². The minimum Gasteiger partial charge on any atom is -0.385 e. The number of thioether (sulfide) groups is 1. The Balaban J connectivity index is 2.70. The fourth-order valence-electron chi connectivity index (χ4n) is 0.764. The molecular weight excluding hydrogens is 170 g/mol. The molecule has 62 valence electrons. The fourth-order valence-corrected chi connectivity index (χ4v) is 1.33. The molecule has 0 unspecified atom stereocenters. The van der Waals surface area contributed by atoms with E-state index in [1.165, 1.54) is 11.8 Å². The molecule has 0 aromatic carbocycles. The van der Waals surface area contributed by atoms with Gasteiger partial charge in [-0.05, 0) is 19.1 Å². The van der Waals surface area contributed by atoms with Crippen LogP contribution in [0.3, 0.4) is 0 Å². The minimum atomic E-state index is 0.175. The lowest BCUT2D eigenvalue weighted by Crippen LogP contribution is -2.14. The van der Waals surface area contributed by atoms with Crippen molar-refractivity contribution in [3.63, 3.8) is 0 Å². The average Bonchev–Trinajstić information content (AvgIpc) is 2.88. The lowest BCUT2D eigenvalue weighted by atomic mass is 10.5. The number of nitrogens with one attached hydrogen (secondary N) is 1. The summed E-state index contributed by atoms with van der Waals surface area (Å²) in [5, 5.41) is 12.5. The summed E-state index contributed by atoms with van der Waals surface area (Å²) in [7, 11) is 0. The standard InChI is InChI=1S/C8H9N3S/c1-10-7(5-9)8(12-2)11-6-3-4-6/h6,11H,3-4H2,2H3/b8-7+. The van der Waals surface area contributed by atoms with Gasteiger partial charge in [-0.1, -0.05) is 0 Å². The van der Waals surface area contributed by atoms with Crippen LogP contribution in [0.5, 0.6) is 0 Å². The van der Waals surface area contributed by atoms with Gasteiger partial charge in [0.05, 0.1) is 17.7 Å². The van der Waals surface area contributed by atoms with Crippen LogP contribution in [0, 0.1) is 17.9 Å². The van der Waals surface area contributed by atoms with Crippen molar-refractivity contribution in [3.8, 4) is 6.07 Å². The van der Waals surface area contributed by atoms with E-state index in [4.69, 9.17) is 11.8 Å². The van der Waals surface area contributed by atoms with Crippen LogP contribution < -0.4 is 5.32 Å². The summed E-state index contributed by atoms with van der Waals surface area (Å²) in [6.45, 7) is 6.75. The van der Waals surface area contributed by atoms with Crippen molar-refractivity contribution >= 4 is 11.8 Å². The van der Waals surface area contributed by atoms with Gasteiger partial charge in [-0.25, -0.2) is 10.1 Å². The van der Waals surface area contributed by atoms with Crippen LogP contribution in [-0.4, -0.2) is 12.3 Å². The largest absolute Gasteiger partial charge is 0.385 e. The van der Waals surface area contributed by atoms with Crippen molar-refractivity contribution < 1.29 is 0 Å². The van der Waals surface area contributed by atoms with Crippen molar-refractivity contribution in [2.45, 2.75) is 18.9 Å². The van der Waals surface area contributed by atoms with E-state index >= 15 is 0 Å². The maximum absolute atomic E-state index is 8.59. The van der Waals surface area contributed by atoms with E-state index in [-0.39, 0.29) is 5.70 Å². The zero-order valence-electron chi connectivity index (χ0n) is 6.79. The van der Waals surface area contributed by atoms with Gasteiger partial charge in [0.25, 0.3) is 5.70 Å². The molecule has 1 rings (SSSR count). The van der Waals surface area contributed by atoms with Crippen molar-refractivity contribution in [3.05, 3.63) is 22.1 Å². The fraction of sp³-hybridized carbons (Fsp3) is 0.500. The first-order chi connectivity index (χ1) is 5.81. The molecule has 0 aromatic heterocycles. The third-order valence-electron chi connectivity index (χ3n) is 1.55. The summed E-state index contributed by atoms with van der Waals surface area (Å²) in [6, 6.07) is 2.38. The highest BCUT2D eigenvalue weighted by molar-refractivity contribution is 8.02. The molecular formula is C8H9N3S. The second kappa shape index (κ2) is 4.04. The quantitative estimate of drug-likeness (QED) is 0.529. The monoisotopic (exact) mass is 179 g/mol. The molecule has 0 spiro atoms. The highest BCUT2D eigenvalue weighted by Gasteiger charge is 2.22. The van der Waals surface area contributed by atoms with Gasteiger partial charge in [0, 0.05) is 6.04 Å². The zero-order valence-corrected chi connectivity index (χ0v) is 7.61. The molecule has 0 radical (unpaired) electrons. The lowest BCUT2D eigenvalue weighted by molar-refractivity contribution is 0.846. The van der Waals surface area contributed by atoms with E-state index in [2.05, 4.69) is 10.2 Å². The normalized spacial score (nSPS) is 17.2. The van der Waals surface area contributed by atoms with Gasteiger partial charge >= 0.3 is 0 Å². The van der Waals surface area contributed by atoms with E-state index in [9.17, 15) is 0 Å².